The molecule has 136 valence electrons. The number of imidazole rings is 1. The number of aromatic nitrogens is 2. The number of aryl methyl sites for hydroxylation is 1. The molecule has 0 spiro atoms. The van der Waals surface area contributed by atoms with Gasteiger partial charge in [-0.2, -0.15) is 13.2 Å². The zero-order valence-electron chi connectivity index (χ0n) is 12.9. The van der Waals surface area contributed by atoms with E-state index in [0.717, 1.165) is 11.3 Å². The molecule has 3 N–H and O–H groups in total. The SMILES string of the molecule is Cc1nc2c(Cl)cc(C(F)(F)F)cn2c1C(=O)NC(C(=O)O)C(C)O. The van der Waals surface area contributed by atoms with Gasteiger partial charge in [-0.15, -0.1) is 0 Å². The number of carbonyl (C=O) groups excluding carboxylic acids is 1. The average molecular weight is 380 g/mol. The summed E-state index contributed by atoms with van der Waals surface area (Å²) in [4.78, 5) is 27.4. The largest absolute Gasteiger partial charge is 0.480 e. The topological polar surface area (TPSA) is 104 Å². The van der Waals surface area contributed by atoms with Gasteiger partial charge in [0.05, 0.1) is 22.4 Å². The molecule has 2 aromatic heterocycles. The number of carboxylic acids is 1. The molecule has 0 fully saturated rings. The number of alkyl halides is 3. The zero-order valence-corrected chi connectivity index (χ0v) is 13.7. The standard InChI is InChI=1S/C14H13ClF3N3O4/c1-5-10(12(23)20-9(6(2)22)13(24)25)21-4-7(14(16,17)18)3-8(15)11(21)19-5/h3-4,6,9,22H,1-2H3,(H,20,23)(H,24,25). The van der Waals surface area contributed by atoms with Crippen LogP contribution in [0.5, 0.6) is 0 Å². The molecule has 2 heterocycles. The number of rotatable bonds is 4. The summed E-state index contributed by atoms with van der Waals surface area (Å²) in [6.45, 7) is 2.52. The van der Waals surface area contributed by atoms with Gasteiger partial charge in [-0.25, -0.2) is 9.78 Å². The van der Waals surface area contributed by atoms with E-state index in [-0.39, 0.29) is 22.1 Å². The molecule has 11 heteroatoms. The second kappa shape index (κ2) is 6.52. The van der Waals surface area contributed by atoms with Crippen molar-refractivity contribution in [3.63, 3.8) is 0 Å². The van der Waals surface area contributed by atoms with Gasteiger partial charge in [0.25, 0.3) is 5.91 Å². The monoisotopic (exact) mass is 379 g/mol. The second-order valence-corrected chi connectivity index (χ2v) is 5.75. The number of nitrogens with one attached hydrogen (secondary N) is 1. The number of hydrogen-bond acceptors (Lipinski definition) is 4. The molecule has 0 saturated heterocycles. The van der Waals surface area contributed by atoms with Crippen molar-refractivity contribution in [2.24, 2.45) is 0 Å². The summed E-state index contributed by atoms with van der Waals surface area (Å²) in [6.07, 6.45) is -5.48. The summed E-state index contributed by atoms with van der Waals surface area (Å²) < 4.78 is 39.7. The van der Waals surface area contributed by atoms with Gasteiger partial charge in [0, 0.05) is 6.20 Å². The molecule has 0 aromatic carbocycles. The van der Waals surface area contributed by atoms with E-state index in [4.69, 9.17) is 16.7 Å². The minimum absolute atomic E-state index is 0.0495. The second-order valence-electron chi connectivity index (χ2n) is 5.34. The Bertz CT molecular complexity index is 848. The molecule has 0 radical (unpaired) electrons. The number of halogens is 4. The highest BCUT2D eigenvalue weighted by Crippen LogP contribution is 2.33. The highest BCUT2D eigenvalue weighted by atomic mass is 35.5. The van der Waals surface area contributed by atoms with Crippen molar-refractivity contribution in [2.75, 3.05) is 0 Å². The number of fused-ring (bicyclic) bond motifs is 1. The van der Waals surface area contributed by atoms with Crippen LogP contribution in [0.2, 0.25) is 5.02 Å². The predicted octanol–water partition coefficient (Wildman–Crippen LogP) is 1.88. The molecule has 0 aliphatic rings. The normalized spacial score (nSPS) is 14.4. The maximum Gasteiger partial charge on any atom is 0.417 e. The van der Waals surface area contributed by atoms with Gasteiger partial charge in [-0.05, 0) is 19.9 Å². The summed E-state index contributed by atoms with van der Waals surface area (Å²) in [5.41, 5.74) is -1.44. The summed E-state index contributed by atoms with van der Waals surface area (Å²) >= 11 is 5.82. The van der Waals surface area contributed by atoms with Crippen molar-refractivity contribution in [1.29, 1.82) is 0 Å². The summed E-state index contributed by atoms with van der Waals surface area (Å²) in [5, 5.41) is 20.2. The third-order valence-corrected chi connectivity index (χ3v) is 3.71. The number of aliphatic hydroxyl groups excluding tert-OH is 1. The van der Waals surface area contributed by atoms with Gasteiger partial charge < -0.3 is 15.5 Å². The van der Waals surface area contributed by atoms with E-state index in [0.29, 0.717) is 12.3 Å². The molecule has 7 nitrogen and oxygen atoms in total. The van der Waals surface area contributed by atoms with Crippen LogP contribution < -0.4 is 5.32 Å². The minimum Gasteiger partial charge on any atom is -0.480 e. The van der Waals surface area contributed by atoms with Crippen molar-refractivity contribution in [3.8, 4) is 0 Å². The van der Waals surface area contributed by atoms with E-state index < -0.39 is 35.8 Å². The summed E-state index contributed by atoms with van der Waals surface area (Å²) in [7, 11) is 0. The van der Waals surface area contributed by atoms with E-state index in [9.17, 15) is 27.9 Å². The Kier molecular flexibility index (Phi) is 4.96. The Labute approximate surface area is 144 Å². The predicted molar refractivity (Wildman–Crippen MR) is 80.5 cm³/mol. The van der Waals surface area contributed by atoms with Gasteiger partial charge in [-0.1, -0.05) is 11.6 Å². The Morgan fingerprint density at radius 2 is 2.00 bits per heavy atom. The third kappa shape index (κ3) is 3.69. The van der Waals surface area contributed by atoms with Crippen LogP contribution >= 0.6 is 11.6 Å². The first-order valence-electron chi connectivity index (χ1n) is 6.90. The van der Waals surface area contributed by atoms with Gasteiger partial charge in [-0.3, -0.25) is 9.20 Å². The van der Waals surface area contributed by atoms with Crippen LogP contribution in [0, 0.1) is 6.92 Å². The Balaban J connectivity index is 2.57. The Morgan fingerprint density at radius 3 is 2.48 bits per heavy atom. The molecular weight excluding hydrogens is 367 g/mol. The Hall–Kier alpha value is -2.33. The van der Waals surface area contributed by atoms with Gasteiger partial charge in [0.15, 0.2) is 11.7 Å². The van der Waals surface area contributed by atoms with E-state index in [1.807, 2.05) is 0 Å². The smallest absolute Gasteiger partial charge is 0.417 e. The summed E-state index contributed by atoms with van der Waals surface area (Å²) in [6, 6.07) is -0.959. The lowest BCUT2D eigenvalue weighted by Crippen LogP contribution is -2.48. The molecule has 2 unspecified atom stereocenters. The third-order valence-electron chi connectivity index (χ3n) is 3.43. The molecule has 2 atom stereocenters. The van der Waals surface area contributed by atoms with Crippen molar-refractivity contribution in [3.05, 3.63) is 34.2 Å². The van der Waals surface area contributed by atoms with Gasteiger partial charge >= 0.3 is 12.1 Å². The number of pyridine rings is 1. The first-order valence-corrected chi connectivity index (χ1v) is 7.28. The molecule has 0 saturated carbocycles. The molecule has 1 amide bonds. The lowest BCUT2D eigenvalue weighted by Gasteiger charge is -2.17. The van der Waals surface area contributed by atoms with Crippen LogP contribution in [0.15, 0.2) is 12.3 Å². The van der Waals surface area contributed by atoms with Gasteiger partial charge in [0.2, 0.25) is 0 Å². The van der Waals surface area contributed by atoms with E-state index in [2.05, 4.69) is 10.3 Å². The van der Waals surface area contributed by atoms with Crippen LogP contribution in [0.1, 0.15) is 28.7 Å². The highest BCUT2D eigenvalue weighted by Gasteiger charge is 2.33. The quantitative estimate of drug-likeness (QED) is 0.752. The maximum atomic E-state index is 13.0. The fraction of sp³-hybridized carbons (Fsp3) is 0.357. The Morgan fingerprint density at radius 1 is 1.40 bits per heavy atom. The van der Waals surface area contributed by atoms with Crippen LogP contribution in [0.25, 0.3) is 5.65 Å². The van der Waals surface area contributed by atoms with Crippen molar-refractivity contribution in [1.82, 2.24) is 14.7 Å². The number of carboxylic acid groups (broad SMARTS) is 1. The van der Waals surface area contributed by atoms with Crippen molar-refractivity contribution >= 4 is 29.1 Å². The van der Waals surface area contributed by atoms with Crippen molar-refractivity contribution in [2.45, 2.75) is 32.2 Å². The lowest BCUT2D eigenvalue weighted by atomic mass is 10.1. The molecule has 2 aromatic rings. The fourth-order valence-electron chi connectivity index (χ4n) is 2.24. The molecule has 0 aliphatic heterocycles. The number of carbonyl (C=O) groups is 2. The first kappa shape index (κ1) is 19.0. The summed E-state index contributed by atoms with van der Waals surface area (Å²) in [5.74, 6) is -2.50. The highest BCUT2D eigenvalue weighted by molar-refractivity contribution is 6.33. The molecule has 0 aliphatic carbocycles. The molecule has 0 bridgehead atoms. The number of aliphatic carboxylic acids is 1. The number of nitrogens with zero attached hydrogens (tertiary/aromatic N) is 2. The van der Waals surface area contributed by atoms with E-state index in [1.165, 1.54) is 6.92 Å². The van der Waals surface area contributed by atoms with Crippen LogP contribution in [-0.4, -0.2) is 43.6 Å². The molecular formula is C14H13ClF3N3O4. The van der Waals surface area contributed by atoms with Crippen LogP contribution in [0.3, 0.4) is 0 Å². The van der Waals surface area contributed by atoms with Crippen LogP contribution in [-0.2, 0) is 11.0 Å². The lowest BCUT2D eigenvalue weighted by molar-refractivity contribution is -0.142. The maximum absolute atomic E-state index is 13.0. The van der Waals surface area contributed by atoms with E-state index >= 15 is 0 Å². The van der Waals surface area contributed by atoms with Gasteiger partial charge in [0.1, 0.15) is 5.69 Å². The fourth-order valence-corrected chi connectivity index (χ4v) is 2.50. The molecule has 25 heavy (non-hydrogen) atoms. The first-order chi connectivity index (χ1) is 11.4. The van der Waals surface area contributed by atoms with Crippen molar-refractivity contribution < 1.29 is 33.0 Å². The van der Waals surface area contributed by atoms with E-state index in [1.54, 1.807) is 0 Å². The minimum atomic E-state index is -4.70. The number of hydrogen-bond donors (Lipinski definition) is 3. The molecule has 2 rings (SSSR count). The average Bonchev–Trinajstić information content (AvgIpc) is 2.79. The zero-order chi connectivity index (χ0) is 19.1. The number of aliphatic hydroxyl groups is 1. The number of amides is 1. The van der Waals surface area contributed by atoms with Crippen LogP contribution in [0.4, 0.5) is 13.2 Å².